The van der Waals surface area contributed by atoms with Crippen LogP contribution in [0.15, 0.2) is 60.7 Å². The summed E-state index contributed by atoms with van der Waals surface area (Å²) in [6.45, 7) is 1.65. The van der Waals surface area contributed by atoms with Gasteiger partial charge in [-0.3, -0.25) is 4.79 Å². The van der Waals surface area contributed by atoms with Crippen molar-refractivity contribution >= 4 is 17.5 Å². The van der Waals surface area contributed by atoms with Crippen molar-refractivity contribution in [3.8, 4) is 0 Å². The summed E-state index contributed by atoms with van der Waals surface area (Å²) in [6.07, 6.45) is 0.962. The molecule has 130 valence electrons. The summed E-state index contributed by atoms with van der Waals surface area (Å²) in [6, 6.07) is 17.7. The van der Waals surface area contributed by atoms with Crippen LogP contribution in [0.3, 0.4) is 0 Å². The molecule has 4 rings (SSSR count). The fraction of sp³-hybridized carbons (Fsp3) is 0.150. The van der Waals surface area contributed by atoms with Gasteiger partial charge in [-0.2, -0.15) is 0 Å². The lowest BCUT2D eigenvalue weighted by atomic mass is 10.00. The first-order valence-electron chi connectivity index (χ1n) is 8.42. The molecule has 1 aliphatic rings. The molecule has 1 aliphatic heterocycles. The zero-order valence-corrected chi connectivity index (χ0v) is 14.0. The molecule has 2 aromatic carbocycles. The Morgan fingerprint density at radius 2 is 1.73 bits per heavy atom. The monoisotopic (exact) mass is 348 g/mol. The summed E-state index contributed by atoms with van der Waals surface area (Å²) in [5.41, 5.74) is 2.63. The Balaban J connectivity index is 1.46. The highest BCUT2D eigenvalue weighted by Gasteiger charge is 2.18. The van der Waals surface area contributed by atoms with Gasteiger partial charge in [-0.05, 0) is 41.8 Å². The molecule has 6 heteroatoms. The molecule has 3 aromatic rings. The molecule has 1 amide bonds. The van der Waals surface area contributed by atoms with Gasteiger partial charge in [0, 0.05) is 13.1 Å². The second-order valence-corrected chi connectivity index (χ2v) is 6.15. The van der Waals surface area contributed by atoms with Crippen LogP contribution in [0.1, 0.15) is 21.5 Å². The van der Waals surface area contributed by atoms with E-state index >= 15 is 0 Å². The van der Waals surface area contributed by atoms with E-state index < -0.39 is 11.7 Å². The number of halogens is 1. The van der Waals surface area contributed by atoms with E-state index in [0.29, 0.717) is 5.82 Å². The van der Waals surface area contributed by atoms with Gasteiger partial charge in [-0.15, -0.1) is 10.2 Å². The maximum atomic E-state index is 13.7. The van der Waals surface area contributed by atoms with Crippen molar-refractivity contribution in [3.05, 3.63) is 83.2 Å². The lowest BCUT2D eigenvalue weighted by Crippen LogP contribution is -2.31. The Morgan fingerprint density at radius 1 is 0.962 bits per heavy atom. The van der Waals surface area contributed by atoms with E-state index in [1.165, 1.54) is 29.3 Å². The molecule has 1 N–H and O–H groups in total. The van der Waals surface area contributed by atoms with Gasteiger partial charge in [-0.1, -0.05) is 36.4 Å². The lowest BCUT2D eigenvalue weighted by molar-refractivity contribution is 0.102. The van der Waals surface area contributed by atoms with E-state index in [0.717, 1.165) is 25.3 Å². The molecule has 0 bridgehead atoms. The summed E-state index contributed by atoms with van der Waals surface area (Å²) in [4.78, 5) is 14.3. The predicted molar refractivity (Wildman–Crippen MR) is 97.6 cm³/mol. The third-order valence-electron chi connectivity index (χ3n) is 4.47. The number of rotatable bonds is 3. The van der Waals surface area contributed by atoms with Crippen molar-refractivity contribution in [1.29, 1.82) is 0 Å². The van der Waals surface area contributed by atoms with Crippen LogP contribution in [0.25, 0.3) is 0 Å². The third-order valence-corrected chi connectivity index (χ3v) is 4.47. The maximum Gasteiger partial charge on any atom is 0.259 e. The van der Waals surface area contributed by atoms with Gasteiger partial charge in [-0.25, -0.2) is 4.39 Å². The number of hydrogen-bond donors (Lipinski definition) is 1. The van der Waals surface area contributed by atoms with E-state index in [1.807, 2.05) is 12.1 Å². The number of fused-ring (bicyclic) bond motifs is 1. The van der Waals surface area contributed by atoms with Crippen molar-refractivity contribution in [3.63, 3.8) is 0 Å². The Labute approximate surface area is 150 Å². The zero-order chi connectivity index (χ0) is 17.9. The summed E-state index contributed by atoms with van der Waals surface area (Å²) >= 11 is 0. The Kier molecular flexibility index (Phi) is 4.31. The van der Waals surface area contributed by atoms with Crippen molar-refractivity contribution in [2.24, 2.45) is 0 Å². The minimum Gasteiger partial charge on any atom is -0.350 e. The largest absolute Gasteiger partial charge is 0.350 e. The maximum absolute atomic E-state index is 13.7. The third kappa shape index (κ3) is 3.26. The predicted octanol–water partition coefficient (Wildman–Crippen LogP) is 3.43. The normalized spacial score (nSPS) is 13.2. The molecule has 0 atom stereocenters. The van der Waals surface area contributed by atoms with Gasteiger partial charge in [0.05, 0.1) is 5.56 Å². The van der Waals surface area contributed by atoms with Crippen LogP contribution in [0, 0.1) is 5.82 Å². The number of aromatic nitrogens is 2. The van der Waals surface area contributed by atoms with Crippen LogP contribution < -0.4 is 10.2 Å². The second-order valence-electron chi connectivity index (χ2n) is 6.15. The average molecular weight is 348 g/mol. The van der Waals surface area contributed by atoms with Crippen LogP contribution in [0.4, 0.5) is 16.0 Å². The highest BCUT2D eigenvalue weighted by atomic mass is 19.1. The first-order chi connectivity index (χ1) is 12.7. The van der Waals surface area contributed by atoms with Crippen LogP contribution >= 0.6 is 0 Å². The fourth-order valence-corrected chi connectivity index (χ4v) is 3.08. The molecular formula is C20H17FN4O. The van der Waals surface area contributed by atoms with Crippen molar-refractivity contribution in [1.82, 2.24) is 10.2 Å². The molecule has 5 nitrogen and oxygen atoms in total. The number of nitrogens with zero attached hydrogens (tertiary/aromatic N) is 3. The highest BCUT2D eigenvalue weighted by Crippen LogP contribution is 2.23. The molecular weight excluding hydrogens is 331 g/mol. The van der Waals surface area contributed by atoms with Gasteiger partial charge >= 0.3 is 0 Å². The van der Waals surface area contributed by atoms with E-state index in [9.17, 15) is 9.18 Å². The van der Waals surface area contributed by atoms with E-state index in [2.05, 4.69) is 38.6 Å². The minimum absolute atomic E-state index is 0.0222. The molecule has 0 unspecified atom stereocenters. The topological polar surface area (TPSA) is 58.1 Å². The minimum atomic E-state index is -0.568. The van der Waals surface area contributed by atoms with E-state index in [4.69, 9.17) is 0 Å². The number of carbonyl (C=O) groups is 1. The number of anilines is 2. The molecule has 0 aliphatic carbocycles. The molecule has 0 fully saturated rings. The van der Waals surface area contributed by atoms with E-state index in [1.54, 1.807) is 12.1 Å². The molecule has 0 saturated carbocycles. The highest BCUT2D eigenvalue weighted by molar-refractivity contribution is 6.03. The quantitative estimate of drug-likeness (QED) is 0.788. The first-order valence-corrected chi connectivity index (χ1v) is 8.42. The van der Waals surface area contributed by atoms with Crippen molar-refractivity contribution in [2.45, 2.75) is 13.0 Å². The molecule has 26 heavy (non-hydrogen) atoms. The SMILES string of the molecule is O=C(Nc1ccc(N2CCc3ccccc3C2)nn1)c1ccccc1F. The Hall–Kier alpha value is -3.28. The average Bonchev–Trinajstić information content (AvgIpc) is 2.68. The number of hydrogen-bond acceptors (Lipinski definition) is 4. The standard InChI is InChI=1S/C20H17FN4O/c21-17-8-4-3-7-16(17)20(26)22-18-9-10-19(24-23-18)25-12-11-14-5-1-2-6-15(14)13-25/h1-10H,11-13H2,(H,22,23,26). The van der Waals surface area contributed by atoms with Gasteiger partial charge in [0.1, 0.15) is 5.82 Å². The Bertz CT molecular complexity index is 943. The second kappa shape index (κ2) is 6.92. The van der Waals surface area contributed by atoms with Crippen LogP contribution in [-0.4, -0.2) is 22.6 Å². The number of carbonyl (C=O) groups excluding carboxylic acids is 1. The number of amides is 1. The van der Waals surface area contributed by atoms with Gasteiger partial charge in [0.25, 0.3) is 5.91 Å². The van der Waals surface area contributed by atoms with Gasteiger partial charge in [0.15, 0.2) is 11.6 Å². The van der Waals surface area contributed by atoms with Crippen molar-refractivity contribution in [2.75, 3.05) is 16.8 Å². The van der Waals surface area contributed by atoms with Gasteiger partial charge in [0.2, 0.25) is 0 Å². The number of benzene rings is 2. The molecule has 1 aromatic heterocycles. The molecule has 0 saturated heterocycles. The smallest absolute Gasteiger partial charge is 0.259 e. The number of nitrogens with one attached hydrogen (secondary N) is 1. The van der Waals surface area contributed by atoms with Crippen LogP contribution in [0.5, 0.6) is 0 Å². The van der Waals surface area contributed by atoms with Crippen LogP contribution in [0.2, 0.25) is 0 Å². The lowest BCUT2D eigenvalue weighted by Gasteiger charge is -2.29. The van der Waals surface area contributed by atoms with Crippen LogP contribution in [-0.2, 0) is 13.0 Å². The van der Waals surface area contributed by atoms with Crippen molar-refractivity contribution < 1.29 is 9.18 Å². The first kappa shape index (κ1) is 16.2. The van der Waals surface area contributed by atoms with Gasteiger partial charge < -0.3 is 10.2 Å². The molecule has 2 heterocycles. The summed E-state index contributed by atoms with van der Waals surface area (Å²) in [7, 11) is 0. The summed E-state index contributed by atoms with van der Waals surface area (Å²) in [5.74, 6) is -0.0681. The molecule has 0 spiro atoms. The molecule has 0 radical (unpaired) electrons. The van der Waals surface area contributed by atoms with E-state index in [-0.39, 0.29) is 5.56 Å². The summed E-state index contributed by atoms with van der Waals surface area (Å²) < 4.78 is 13.7. The fourth-order valence-electron chi connectivity index (χ4n) is 3.08. The zero-order valence-electron chi connectivity index (χ0n) is 14.0. The summed E-state index contributed by atoms with van der Waals surface area (Å²) in [5, 5.41) is 10.8. The Morgan fingerprint density at radius 3 is 2.50 bits per heavy atom.